The highest BCUT2D eigenvalue weighted by Gasteiger charge is 2.25. The lowest BCUT2D eigenvalue weighted by molar-refractivity contribution is -0.126. The van der Waals surface area contributed by atoms with Gasteiger partial charge in [0.15, 0.2) is 23.0 Å². The third kappa shape index (κ3) is 5.36. The quantitative estimate of drug-likeness (QED) is 0.420. The molecule has 166 valence electrons. The molecule has 9 nitrogen and oxygen atoms in total. The molecule has 2 aromatic rings. The van der Waals surface area contributed by atoms with Crippen molar-refractivity contribution in [1.29, 1.82) is 0 Å². The number of methoxy groups -OCH3 is 4. The number of carbonyl (C=O) groups is 2. The first-order valence-electron chi connectivity index (χ1n) is 8.82. The Morgan fingerprint density at radius 3 is 2.03 bits per heavy atom. The maximum absolute atomic E-state index is 12.7. The molecule has 0 aliphatic heterocycles. The zero-order valence-electron chi connectivity index (χ0n) is 17.5. The second-order valence-electron chi connectivity index (χ2n) is 6.01. The predicted octanol–water partition coefficient (Wildman–Crippen LogP) is 4.71. The van der Waals surface area contributed by atoms with Crippen LogP contribution < -0.4 is 24.3 Å². The molecule has 2 rings (SSSR count). The van der Waals surface area contributed by atoms with Crippen LogP contribution in [0.3, 0.4) is 0 Å². The lowest BCUT2D eigenvalue weighted by Crippen LogP contribution is -2.32. The van der Waals surface area contributed by atoms with Gasteiger partial charge in [-0.25, -0.2) is 0 Å². The molecule has 0 saturated heterocycles. The van der Waals surface area contributed by atoms with E-state index in [0.717, 1.165) is 0 Å². The third-order valence-electron chi connectivity index (χ3n) is 4.12. The number of amides is 1. The lowest BCUT2D eigenvalue weighted by Gasteiger charge is -2.15. The molecule has 0 aliphatic carbocycles. The molecule has 0 fully saturated rings. The van der Waals surface area contributed by atoms with Crippen LogP contribution in [0.2, 0.25) is 10.0 Å². The van der Waals surface area contributed by atoms with E-state index in [2.05, 4.69) is 15.5 Å². The van der Waals surface area contributed by atoms with Crippen molar-refractivity contribution in [3.63, 3.8) is 0 Å². The number of carbonyl (C=O) groups excluding carboxylic acids is 2. The van der Waals surface area contributed by atoms with Crippen LogP contribution in [-0.4, -0.2) is 46.2 Å². The molecule has 0 saturated carbocycles. The monoisotopic (exact) mass is 469 g/mol. The highest BCUT2D eigenvalue weighted by atomic mass is 35.5. The van der Waals surface area contributed by atoms with Gasteiger partial charge in [-0.15, -0.1) is 0 Å². The van der Waals surface area contributed by atoms with Crippen LogP contribution in [0.4, 0.5) is 11.4 Å². The largest absolute Gasteiger partial charge is 0.495 e. The van der Waals surface area contributed by atoms with Gasteiger partial charge in [0.1, 0.15) is 21.5 Å². The first-order valence-corrected chi connectivity index (χ1v) is 9.57. The number of hydrogen-bond acceptors (Lipinski definition) is 8. The molecule has 0 aromatic heterocycles. The minimum absolute atomic E-state index is 0.109. The van der Waals surface area contributed by atoms with Crippen molar-refractivity contribution in [3.8, 4) is 23.0 Å². The van der Waals surface area contributed by atoms with Crippen molar-refractivity contribution in [3.05, 3.63) is 34.3 Å². The van der Waals surface area contributed by atoms with Gasteiger partial charge in [-0.05, 0) is 31.2 Å². The molecule has 1 atom stereocenters. The fraction of sp³-hybridized carbons (Fsp3) is 0.300. The Kier molecular flexibility index (Phi) is 8.47. The Labute approximate surface area is 189 Å². The summed E-state index contributed by atoms with van der Waals surface area (Å²) in [6.07, 6.45) is 0. The van der Waals surface area contributed by atoms with E-state index in [0.29, 0.717) is 11.5 Å². The second-order valence-corrected chi connectivity index (χ2v) is 6.77. The molecule has 11 heteroatoms. The third-order valence-corrected chi connectivity index (χ3v) is 4.86. The second kappa shape index (κ2) is 10.8. The summed E-state index contributed by atoms with van der Waals surface area (Å²) in [6, 6.07) is 4.74. The van der Waals surface area contributed by atoms with Crippen LogP contribution in [0.5, 0.6) is 23.0 Å². The van der Waals surface area contributed by atoms with E-state index in [1.165, 1.54) is 47.5 Å². The fourth-order valence-corrected chi connectivity index (χ4v) is 3.18. The summed E-state index contributed by atoms with van der Waals surface area (Å²) in [7, 11) is 5.72. The number of benzene rings is 2. The van der Waals surface area contributed by atoms with Gasteiger partial charge < -0.3 is 24.3 Å². The first-order chi connectivity index (χ1) is 14.8. The standard InChI is InChI=1S/C20H21Cl2N3O6/c1-10(26)17(25-24-12-7-8-13(28-2)16(22)18(12)30-4)20(27)23-11-6-9-14(29-3)19(31-5)15(11)21/h6-9,17H,1-5H3,(H,23,27). The molecule has 1 unspecified atom stereocenters. The summed E-state index contributed by atoms with van der Waals surface area (Å²) in [5, 5.41) is 10.7. The maximum atomic E-state index is 12.7. The van der Waals surface area contributed by atoms with Gasteiger partial charge in [0.25, 0.3) is 5.91 Å². The van der Waals surface area contributed by atoms with E-state index in [1.54, 1.807) is 12.1 Å². The summed E-state index contributed by atoms with van der Waals surface area (Å²) in [4.78, 5) is 24.8. The molecule has 2 aromatic carbocycles. The van der Waals surface area contributed by atoms with Crippen LogP contribution >= 0.6 is 23.2 Å². The molecule has 0 heterocycles. The van der Waals surface area contributed by atoms with Gasteiger partial charge in [0.2, 0.25) is 6.04 Å². The minimum Gasteiger partial charge on any atom is -0.495 e. The molecule has 1 N–H and O–H groups in total. The molecule has 0 radical (unpaired) electrons. The summed E-state index contributed by atoms with van der Waals surface area (Å²) in [5.74, 6) is -0.0745. The summed E-state index contributed by atoms with van der Waals surface area (Å²) >= 11 is 12.5. The zero-order valence-corrected chi connectivity index (χ0v) is 19.0. The Bertz CT molecular complexity index is 1010. The summed E-state index contributed by atoms with van der Waals surface area (Å²) < 4.78 is 20.7. The molecule has 31 heavy (non-hydrogen) atoms. The van der Waals surface area contributed by atoms with E-state index in [9.17, 15) is 9.59 Å². The van der Waals surface area contributed by atoms with Crippen molar-refractivity contribution in [2.24, 2.45) is 10.2 Å². The highest BCUT2D eigenvalue weighted by Crippen LogP contribution is 2.42. The minimum atomic E-state index is -1.44. The fourth-order valence-electron chi connectivity index (χ4n) is 2.58. The molecule has 0 spiro atoms. The van der Waals surface area contributed by atoms with Crippen molar-refractivity contribution in [2.75, 3.05) is 33.8 Å². The number of ketones is 1. The van der Waals surface area contributed by atoms with E-state index < -0.39 is 17.7 Å². The number of ether oxygens (including phenoxy) is 4. The predicted molar refractivity (Wildman–Crippen MR) is 117 cm³/mol. The number of Topliss-reactive ketones (excluding diaryl/α,β-unsaturated/α-hetero) is 1. The van der Waals surface area contributed by atoms with E-state index in [4.69, 9.17) is 42.1 Å². The van der Waals surface area contributed by atoms with Gasteiger partial charge in [0, 0.05) is 0 Å². The molecular weight excluding hydrogens is 449 g/mol. The van der Waals surface area contributed by atoms with E-state index in [1.807, 2.05) is 0 Å². The Morgan fingerprint density at radius 2 is 1.48 bits per heavy atom. The summed E-state index contributed by atoms with van der Waals surface area (Å²) in [5.41, 5.74) is 0.437. The maximum Gasteiger partial charge on any atom is 0.258 e. The number of azo groups is 1. The number of nitrogens with zero attached hydrogens (tertiary/aromatic N) is 2. The molecule has 1 amide bonds. The highest BCUT2D eigenvalue weighted by molar-refractivity contribution is 6.35. The van der Waals surface area contributed by atoms with Crippen molar-refractivity contribution in [1.82, 2.24) is 0 Å². The van der Waals surface area contributed by atoms with Gasteiger partial charge in [0.05, 0.1) is 34.1 Å². The number of nitrogens with one attached hydrogen (secondary N) is 1. The van der Waals surface area contributed by atoms with Gasteiger partial charge in [-0.2, -0.15) is 10.2 Å². The molecule has 0 bridgehead atoms. The van der Waals surface area contributed by atoms with Gasteiger partial charge in [-0.1, -0.05) is 23.2 Å². The average Bonchev–Trinajstić information content (AvgIpc) is 2.75. The number of rotatable bonds is 9. The first kappa shape index (κ1) is 24.2. The molecular formula is C20H21Cl2N3O6. The van der Waals surface area contributed by atoms with E-state index in [-0.39, 0.29) is 32.9 Å². The van der Waals surface area contributed by atoms with Crippen LogP contribution in [0.1, 0.15) is 6.92 Å². The SMILES string of the molecule is COc1ccc(N=NC(C(C)=O)C(=O)Nc2ccc(OC)c(OC)c2Cl)c(OC)c1Cl. The van der Waals surface area contributed by atoms with Crippen molar-refractivity contribution in [2.45, 2.75) is 13.0 Å². The number of hydrogen-bond donors (Lipinski definition) is 1. The Balaban J connectivity index is 2.33. The van der Waals surface area contributed by atoms with Gasteiger partial charge >= 0.3 is 0 Å². The van der Waals surface area contributed by atoms with Crippen LogP contribution in [0, 0.1) is 0 Å². The summed E-state index contributed by atoms with van der Waals surface area (Å²) in [6.45, 7) is 1.22. The Hall–Kier alpha value is -3.04. The van der Waals surface area contributed by atoms with Crippen LogP contribution in [-0.2, 0) is 9.59 Å². The van der Waals surface area contributed by atoms with Crippen molar-refractivity contribution < 1.29 is 28.5 Å². The van der Waals surface area contributed by atoms with Crippen LogP contribution in [0.15, 0.2) is 34.5 Å². The normalized spacial score (nSPS) is 11.7. The van der Waals surface area contributed by atoms with E-state index >= 15 is 0 Å². The van der Waals surface area contributed by atoms with Crippen molar-refractivity contribution >= 4 is 46.3 Å². The van der Waals surface area contributed by atoms with Crippen LogP contribution in [0.25, 0.3) is 0 Å². The van der Waals surface area contributed by atoms with Gasteiger partial charge in [-0.3, -0.25) is 9.59 Å². The number of anilines is 1. The smallest absolute Gasteiger partial charge is 0.258 e. The zero-order chi connectivity index (χ0) is 23.1. The average molecular weight is 470 g/mol. The Morgan fingerprint density at radius 1 is 0.871 bits per heavy atom. The molecule has 0 aliphatic rings. The number of halogens is 2. The lowest BCUT2D eigenvalue weighted by atomic mass is 10.2. The topological polar surface area (TPSA) is 108 Å².